The number of hydrogen-bond donors (Lipinski definition) is 1. The Bertz CT molecular complexity index is 649. The Labute approximate surface area is 125 Å². The molecule has 2 aromatic rings. The zero-order chi connectivity index (χ0) is 15.6. The van der Waals surface area contributed by atoms with E-state index in [0.717, 1.165) is 11.1 Å². The minimum atomic E-state index is -0.956. The van der Waals surface area contributed by atoms with Crippen LogP contribution in [0.1, 0.15) is 36.7 Å². The van der Waals surface area contributed by atoms with E-state index in [1.165, 1.54) is 5.56 Å². The van der Waals surface area contributed by atoms with Gasteiger partial charge in [-0.2, -0.15) is 0 Å². The average molecular weight is 284 g/mol. The van der Waals surface area contributed by atoms with Crippen molar-refractivity contribution in [2.24, 2.45) is 0 Å². The van der Waals surface area contributed by atoms with Gasteiger partial charge in [-0.15, -0.1) is 0 Å². The topological polar surface area (TPSA) is 46.5 Å². The molecule has 0 fully saturated rings. The van der Waals surface area contributed by atoms with Crippen molar-refractivity contribution in [3.8, 4) is 16.9 Å². The molecule has 0 atom stereocenters. The SMILES string of the molecule is COc1cc(C(=O)O)ccc1-c1ccc(C(C)(C)C)cc1. The van der Waals surface area contributed by atoms with Crippen LogP contribution in [0, 0.1) is 0 Å². The van der Waals surface area contributed by atoms with Crippen molar-refractivity contribution < 1.29 is 14.6 Å². The van der Waals surface area contributed by atoms with Gasteiger partial charge in [0.05, 0.1) is 12.7 Å². The number of rotatable bonds is 3. The Morgan fingerprint density at radius 2 is 1.67 bits per heavy atom. The molecule has 0 unspecified atom stereocenters. The number of methoxy groups -OCH3 is 1. The third kappa shape index (κ3) is 3.24. The molecule has 0 aliphatic rings. The molecule has 0 aliphatic carbocycles. The van der Waals surface area contributed by atoms with Crippen LogP contribution in [0.3, 0.4) is 0 Å². The van der Waals surface area contributed by atoms with Crippen LogP contribution in [0.15, 0.2) is 42.5 Å². The molecule has 0 saturated carbocycles. The molecule has 0 aromatic heterocycles. The largest absolute Gasteiger partial charge is 0.496 e. The third-order valence-electron chi connectivity index (χ3n) is 3.51. The van der Waals surface area contributed by atoms with E-state index in [1.54, 1.807) is 25.3 Å². The van der Waals surface area contributed by atoms with E-state index >= 15 is 0 Å². The van der Waals surface area contributed by atoms with Crippen LogP contribution in [0.25, 0.3) is 11.1 Å². The fourth-order valence-electron chi connectivity index (χ4n) is 2.21. The predicted molar refractivity (Wildman–Crippen MR) is 84.1 cm³/mol. The van der Waals surface area contributed by atoms with E-state index in [-0.39, 0.29) is 11.0 Å². The van der Waals surface area contributed by atoms with Gasteiger partial charge in [0.1, 0.15) is 5.75 Å². The van der Waals surface area contributed by atoms with Gasteiger partial charge in [0, 0.05) is 5.56 Å². The van der Waals surface area contributed by atoms with Gasteiger partial charge >= 0.3 is 5.97 Å². The number of carboxylic acids is 1. The van der Waals surface area contributed by atoms with Crippen LogP contribution in [0.2, 0.25) is 0 Å². The van der Waals surface area contributed by atoms with E-state index in [9.17, 15) is 4.79 Å². The summed E-state index contributed by atoms with van der Waals surface area (Å²) in [7, 11) is 1.55. The molecule has 3 nitrogen and oxygen atoms in total. The van der Waals surface area contributed by atoms with E-state index in [0.29, 0.717) is 5.75 Å². The average Bonchev–Trinajstić information content (AvgIpc) is 2.45. The molecule has 1 N–H and O–H groups in total. The summed E-state index contributed by atoms with van der Waals surface area (Å²) in [4.78, 5) is 11.0. The van der Waals surface area contributed by atoms with Crippen molar-refractivity contribution in [3.63, 3.8) is 0 Å². The van der Waals surface area contributed by atoms with Gasteiger partial charge in [-0.1, -0.05) is 45.0 Å². The van der Waals surface area contributed by atoms with Crippen LogP contribution in [-0.2, 0) is 5.41 Å². The summed E-state index contributed by atoms with van der Waals surface area (Å²) in [6.45, 7) is 6.51. The highest BCUT2D eigenvalue weighted by Gasteiger charge is 2.14. The summed E-state index contributed by atoms with van der Waals surface area (Å²) in [6, 6.07) is 13.2. The summed E-state index contributed by atoms with van der Waals surface area (Å²) >= 11 is 0. The summed E-state index contributed by atoms with van der Waals surface area (Å²) in [5.74, 6) is -0.388. The highest BCUT2D eigenvalue weighted by Crippen LogP contribution is 2.32. The van der Waals surface area contributed by atoms with Gasteiger partial charge in [0.15, 0.2) is 0 Å². The number of aromatic carboxylic acids is 1. The number of ether oxygens (including phenoxy) is 1. The Kier molecular flexibility index (Phi) is 4.03. The number of carbonyl (C=O) groups is 1. The molecule has 0 amide bonds. The molecule has 0 heterocycles. The first-order valence-electron chi connectivity index (χ1n) is 6.85. The molecular weight excluding hydrogens is 264 g/mol. The van der Waals surface area contributed by atoms with Crippen LogP contribution in [0.4, 0.5) is 0 Å². The standard InChI is InChI=1S/C18H20O3/c1-18(2,3)14-8-5-12(6-9-14)15-10-7-13(17(19)20)11-16(15)21-4/h5-11H,1-4H3,(H,19,20). The molecule has 0 bridgehead atoms. The smallest absolute Gasteiger partial charge is 0.335 e. The van der Waals surface area contributed by atoms with Crippen molar-refractivity contribution in [2.75, 3.05) is 7.11 Å². The lowest BCUT2D eigenvalue weighted by atomic mass is 9.86. The van der Waals surface area contributed by atoms with Gasteiger partial charge in [0.25, 0.3) is 0 Å². The molecule has 21 heavy (non-hydrogen) atoms. The molecule has 3 heteroatoms. The van der Waals surface area contributed by atoms with Crippen molar-refractivity contribution >= 4 is 5.97 Å². The maximum Gasteiger partial charge on any atom is 0.335 e. The molecule has 0 saturated heterocycles. The first kappa shape index (κ1) is 15.1. The van der Waals surface area contributed by atoms with E-state index in [2.05, 4.69) is 32.9 Å². The quantitative estimate of drug-likeness (QED) is 0.911. The maximum atomic E-state index is 11.0. The Hall–Kier alpha value is -2.29. The van der Waals surface area contributed by atoms with Crippen molar-refractivity contribution in [1.29, 1.82) is 0 Å². The van der Waals surface area contributed by atoms with E-state index < -0.39 is 5.97 Å². The Balaban J connectivity index is 2.44. The Morgan fingerprint density at radius 3 is 2.14 bits per heavy atom. The van der Waals surface area contributed by atoms with Gasteiger partial charge < -0.3 is 9.84 Å². The lowest BCUT2D eigenvalue weighted by molar-refractivity contribution is 0.0696. The third-order valence-corrected chi connectivity index (χ3v) is 3.51. The van der Waals surface area contributed by atoms with Gasteiger partial charge in [-0.25, -0.2) is 4.79 Å². The molecule has 0 radical (unpaired) electrons. The summed E-state index contributed by atoms with van der Waals surface area (Å²) < 4.78 is 5.32. The van der Waals surface area contributed by atoms with Crippen molar-refractivity contribution in [2.45, 2.75) is 26.2 Å². The number of hydrogen-bond acceptors (Lipinski definition) is 2. The Morgan fingerprint density at radius 1 is 1.05 bits per heavy atom. The normalized spacial score (nSPS) is 11.2. The molecule has 110 valence electrons. The summed E-state index contributed by atoms with van der Waals surface area (Å²) in [5.41, 5.74) is 3.49. The van der Waals surface area contributed by atoms with Crippen molar-refractivity contribution in [1.82, 2.24) is 0 Å². The minimum Gasteiger partial charge on any atom is -0.496 e. The summed E-state index contributed by atoms with van der Waals surface area (Å²) in [6.07, 6.45) is 0. The molecule has 0 aliphatic heterocycles. The van der Waals surface area contributed by atoms with E-state index in [1.807, 2.05) is 12.1 Å². The maximum absolute atomic E-state index is 11.0. The highest BCUT2D eigenvalue weighted by atomic mass is 16.5. The zero-order valence-electron chi connectivity index (χ0n) is 12.8. The number of benzene rings is 2. The van der Waals surface area contributed by atoms with E-state index in [4.69, 9.17) is 9.84 Å². The second-order valence-electron chi connectivity index (χ2n) is 6.05. The molecule has 2 rings (SSSR count). The highest BCUT2D eigenvalue weighted by molar-refractivity contribution is 5.89. The fraction of sp³-hybridized carbons (Fsp3) is 0.278. The lowest BCUT2D eigenvalue weighted by Crippen LogP contribution is -2.10. The van der Waals surface area contributed by atoms with Gasteiger partial charge in [-0.3, -0.25) is 0 Å². The first-order valence-corrected chi connectivity index (χ1v) is 6.85. The molecule has 2 aromatic carbocycles. The van der Waals surface area contributed by atoms with Crippen LogP contribution in [0.5, 0.6) is 5.75 Å². The number of carboxylic acid groups (broad SMARTS) is 1. The fourth-order valence-corrected chi connectivity index (χ4v) is 2.21. The first-order chi connectivity index (χ1) is 9.82. The van der Waals surface area contributed by atoms with Crippen molar-refractivity contribution in [3.05, 3.63) is 53.6 Å². The monoisotopic (exact) mass is 284 g/mol. The van der Waals surface area contributed by atoms with Crippen LogP contribution < -0.4 is 4.74 Å². The zero-order valence-corrected chi connectivity index (χ0v) is 12.8. The second-order valence-corrected chi connectivity index (χ2v) is 6.05. The van der Waals surface area contributed by atoms with Crippen LogP contribution >= 0.6 is 0 Å². The summed E-state index contributed by atoms with van der Waals surface area (Å²) in [5, 5.41) is 9.04. The minimum absolute atomic E-state index is 0.107. The predicted octanol–water partition coefficient (Wildman–Crippen LogP) is 4.36. The lowest BCUT2D eigenvalue weighted by Gasteiger charge is -2.19. The van der Waals surface area contributed by atoms with Gasteiger partial charge in [-0.05, 0) is 34.7 Å². The van der Waals surface area contributed by atoms with Crippen LogP contribution in [-0.4, -0.2) is 18.2 Å². The van der Waals surface area contributed by atoms with Gasteiger partial charge in [0.2, 0.25) is 0 Å². The molecule has 0 spiro atoms. The molecular formula is C18H20O3. The second kappa shape index (κ2) is 5.60.